The highest BCUT2D eigenvalue weighted by atomic mass is 16.5. The van der Waals surface area contributed by atoms with Crippen molar-refractivity contribution in [3.05, 3.63) is 48.3 Å². The van der Waals surface area contributed by atoms with Gasteiger partial charge < -0.3 is 14.8 Å². The van der Waals surface area contributed by atoms with E-state index in [1.807, 2.05) is 24.3 Å². The molecule has 0 aliphatic carbocycles. The lowest BCUT2D eigenvalue weighted by atomic mass is 10.1. The molecule has 1 aromatic carbocycles. The molecule has 0 spiro atoms. The Morgan fingerprint density at radius 3 is 2.81 bits per heavy atom. The molecule has 0 radical (unpaired) electrons. The largest absolute Gasteiger partial charge is 0.497 e. The molecule has 0 atom stereocenters. The van der Waals surface area contributed by atoms with Crippen LogP contribution < -0.4 is 14.8 Å². The van der Waals surface area contributed by atoms with Crippen LogP contribution in [0.25, 0.3) is 0 Å². The van der Waals surface area contributed by atoms with Gasteiger partial charge in [-0.15, -0.1) is 0 Å². The van der Waals surface area contributed by atoms with Gasteiger partial charge in [-0.05, 0) is 30.2 Å². The SMILES string of the molecule is COc1cccc(CCNC(=O)COc2ncccn2)c1. The summed E-state index contributed by atoms with van der Waals surface area (Å²) in [5.74, 6) is 0.605. The van der Waals surface area contributed by atoms with Crippen LogP contribution in [0.3, 0.4) is 0 Å². The molecule has 0 bridgehead atoms. The van der Waals surface area contributed by atoms with Gasteiger partial charge in [-0.3, -0.25) is 4.79 Å². The minimum absolute atomic E-state index is 0.0951. The number of carbonyl (C=O) groups is 1. The first-order valence-corrected chi connectivity index (χ1v) is 6.57. The number of nitrogens with zero attached hydrogens (tertiary/aromatic N) is 2. The first-order chi connectivity index (χ1) is 10.3. The first-order valence-electron chi connectivity index (χ1n) is 6.57. The van der Waals surface area contributed by atoms with E-state index in [2.05, 4.69) is 15.3 Å². The van der Waals surface area contributed by atoms with Crippen molar-refractivity contribution < 1.29 is 14.3 Å². The van der Waals surface area contributed by atoms with Crippen LogP contribution in [0.15, 0.2) is 42.7 Å². The molecule has 0 saturated carbocycles. The number of methoxy groups -OCH3 is 1. The van der Waals surface area contributed by atoms with Gasteiger partial charge in [0, 0.05) is 18.9 Å². The average molecular weight is 287 g/mol. The number of ether oxygens (including phenoxy) is 2. The van der Waals surface area contributed by atoms with E-state index in [0.717, 1.165) is 17.7 Å². The molecule has 0 aliphatic rings. The maximum absolute atomic E-state index is 11.6. The molecule has 110 valence electrons. The van der Waals surface area contributed by atoms with Gasteiger partial charge in [0.1, 0.15) is 5.75 Å². The summed E-state index contributed by atoms with van der Waals surface area (Å²) >= 11 is 0. The topological polar surface area (TPSA) is 73.3 Å². The van der Waals surface area contributed by atoms with Crippen LogP contribution >= 0.6 is 0 Å². The quantitative estimate of drug-likeness (QED) is 0.829. The molecule has 6 nitrogen and oxygen atoms in total. The van der Waals surface area contributed by atoms with E-state index in [4.69, 9.17) is 9.47 Å². The fourth-order valence-corrected chi connectivity index (χ4v) is 1.72. The van der Waals surface area contributed by atoms with Crippen molar-refractivity contribution in [2.45, 2.75) is 6.42 Å². The second-order valence-electron chi connectivity index (χ2n) is 4.27. The Bertz CT molecular complexity index is 575. The molecule has 2 aromatic rings. The van der Waals surface area contributed by atoms with Crippen LogP contribution in [0.4, 0.5) is 0 Å². The van der Waals surface area contributed by atoms with Crippen LogP contribution in [0, 0.1) is 0 Å². The van der Waals surface area contributed by atoms with Crippen molar-refractivity contribution in [1.82, 2.24) is 15.3 Å². The Kier molecular flexibility index (Phi) is 5.51. The lowest BCUT2D eigenvalue weighted by molar-refractivity contribution is -0.123. The summed E-state index contributed by atoms with van der Waals surface area (Å²) in [7, 11) is 1.63. The predicted octanol–water partition coefficient (Wildman–Crippen LogP) is 1.22. The van der Waals surface area contributed by atoms with Crippen LogP contribution in [0.2, 0.25) is 0 Å². The first kappa shape index (κ1) is 14.8. The highest BCUT2D eigenvalue weighted by Gasteiger charge is 2.04. The number of benzene rings is 1. The third-order valence-electron chi connectivity index (χ3n) is 2.74. The van der Waals surface area contributed by atoms with Crippen LogP contribution in [-0.2, 0) is 11.2 Å². The fraction of sp³-hybridized carbons (Fsp3) is 0.267. The third-order valence-corrected chi connectivity index (χ3v) is 2.74. The Labute approximate surface area is 123 Å². The number of hydrogen-bond donors (Lipinski definition) is 1. The minimum atomic E-state index is -0.203. The summed E-state index contributed by atoms with van der Waals surface area (Å²) in [5, 5.41) is 2.78. The van der Waals surface area contributed by atoms with E-state index in [1.165, 1.54) is 0 Å². The highest BCUT2D eigenvalue weighted by molar-refractivity contribution is 5.77. The van der Waals surface area contributed by atoms with Crippen molar-refractivity contribution in [1.29, 1.82) is 0 Å². The van der Waals surface area contributed by atoms with E-state index in [1.54, 1.807) is 25.6 Å². The molecule has 6 heteroatoms. The molecule has 0 fully saturated rings. The van der Waals surface area contributed by atoms with Crippen molar-refractivity contribution in [2.24, 2.45) is 0 Å². The Morgan fingerprint density at radius 2 is 2.05 bits per heavy atom. The molecule has 1 amide bonds. The maximum Gasteiger partial charge on any atom is 0.316 e. The van der Waals surface area contributed by atoms with Gasteiger partial charge >= 0.3 is 6.01 Å². The maximum atomic E-state index is 11.6. The Morgan fingerprint density at radius 1 is 1.24 bits per heavy atom. The van der Waals surface area contributed by atoms with Gasteiger partial charge in [-0.25, -0.2) is 9.97 Å². The number of amides is 1. The molecular formula is C15H17N3O3. The summed E-state index contributed by atoms with van der Waals surface area (Å²) in [5.41, 5.74) is 1.10. The van der Waals surface area contributed by atoms with Crippen molar-refractivity contribution in [3.8, 4) is 11.8 Å². The van der Waals surface area contributed by atoms with Gasteiger partial charge in [0.15, 0.2) is 6.61 Å². The molecule has 1 aromatic heterocycles. The number of nitrogens with one attached hydrogen (secondary N) is 1. The molecule has 0 unspecified atom stereocenters. The van der Waals surface area contributed by atoms with Crippen molar-refractivity contribution in [2.75, 3.05) is 20.3 Å². The Hall–Kier alpha value is -2.63. The highest BCUT2D eigenvalue weighted by Crippen LogP contribution is 2.12. The number of rotatable bonds is 7. The molecule has 21 heavy (non-hydrogen) atoms. The molecular weight excluding hydrogens is 270 g/mol. The molecule has 0 aliphatic heterocycles. The van der Waals surface area contributed by atoms with Crippen LogP contribution in [-0.4, -0.2) is 36.1 Å². The monoisotopic (exact) mass is 287 g/mol. The summed E-state index contributed by atoms with van der Waals surface area (Å²) in [4.78, 5) is 19.4. The van der Waals surface area contributed by atoms with Gasteiger partial charge in [-0.1, -0.05) is 12.1 Å². The standard InChI is InChI=1S/C15H17N3O3/c1-20-13-5-2-4-12(10-13)6-9-16-14(19)11-21-15-17-7-3-8-18-15/h2-5,7-8,10H,6,9,11H2,1H3,(H,16,19). The predicted molar refractivity (Wildman–Crippen MR) is 77.2 cm³/mol. The Balaban J connectivity index is 1.69. The zero-order chi connectivity index (χ0) is 14.9. The van der Waals surface area contributed by atoms with Crippen molar-refractivity contribution in [3.63, 3.8) is 0 Å². The normalized spacial score (nSPS) is 9.95. The average Bonchev–Trinajstić information content (AvgIpc) is 2.54. The smallest absolute Gasteiger partial charge is 0.316 e. The molecule has 1 heterocycles. The molecule has 2 rings (SSSR count). The summed E-state index contributed by atoms with van der Waals surface area (Å²) in [6.07, 6.45) is 3.84. The van der Waals surface area contributed by atoms with Gasteiger partial charge in [0.25, 0.3) is 5.91 Å². The van der Waals surface area contributed by atoms with Crippen molar-refractivity contribution >= 4 is 5.91 Å². The van der Waals surface area contributed by atoms with E-state index in [0.29, 0.717) is 6.54 Å². The van der Waals surface area contributed by atoms with E-state index < -0.39 is 0 Å². The van der Waals surface area contributed by atoms with E-state index in [-0.39, 0.29) is 18.5 Å². The van der Waals surface area contributed by atoms with Crippen LogP contribution in [0.1, 0.15) is 5.56 Å². The van der Waals surface area contributed by atoms with Gasteiger partial charge in [-0.2, -0.15) is 0 Å². The second-order valence-corrected chi connectivity index (χ2v) is 4.27. The third kappa shape index (κ3) is 5.10. The summed E-state index contributed by atoms with van der Waals surface area (Å²) in [6, 6.07) is 9.62. The second kappa shape index (κ2) is 7.84. The number of aromatic nitrogens is 2. The summed E-state index contributed by atoms with van der Waals surface area (Å²) < 4.78 is 10.3. The molecule has 1 N–H and O–H groups in total. The van der Waals surface area contributed by atoms with E-state index >= 15 is 0 Å². The molecule has 0 saturated heterocycles. The lowest BCUT2D eigenvalue weighted by Crippen LogP contribution is -2.30. The number of carbonyl (C=O) groups excluding carboxylic acids is 1. The summed E-state index contributed by atoms with van der Waals surface area (Å²) in [6.45, 7) is 0.438. The van der Waals surface area contributed by atoms with Gasteiger partial charge in [0.05, 0.1) is 7.11 Å². The zero-order valence-electron chi connectivity index (χ0n) is 11.8. The fourth-order valence-electron chi connectivity index (χ4n) is 1.72. The van der Waals surface area contributed by atoms with Crippen LogP contribution in [0.5, 0.6) is 11.8 Å². The number of hydrogen-bond acceptors (Lipinski definition) is 5. The minimum Gasteiger partial charge on any atom is -0.497 e. The zero-order valence-corrected chi connectivity index (χ0v) is 11.8. The van der Waals surface area contributed by atoms with E-state index in [9.17, 15) is 4.79 Å². The van der Waals surface area contributed by atoms with Gasteiger partial charge in [0.2, 0.25) is 0 Å². The lowest BCUT2D eigenvalue weighted by Gasteiger charge is -2.07.